The van der Waals surface area contributed by atoms with E-state index < -0.39 is 0 Å². The van der Waals surface area contributed by atoms with Crippen LogP contribution in [0.3, 0.4) is 0 Å². The number of H-pyrrole nitrogens is 1. The molecule has 4 rings (SSSR count). The van der Waals surface area contributed by atoms with Gasteiger partial charge in [-0.2, -0.15) is 0 Å². The molecule has 3 aromatic carbocycles. The first kappa shape index (κ1) is 15.9. The number of para-hydroxylation sites is 1. The normalized spacial score (nSPS) is 10.9. The maximum Gasteiger partial charge on any atom is 0.259 e. The van der Waals surface area contributed by atoms with Gasteiger partial charge in [-0.05, 0) is 42.5 Å². The van der Waals surface area contributed by atoms with Gasteiger partial charge < -0.3 is 4.98 Å². The molecule has 0 atom stereocenters. The molecule has 5 heteroatoms. The van der Waals surface area contributed by atoms with E-state index in [1.165, 1.54) is 0 Å². The van der Waals surface area contributed by atoms with Crippen molar-refractivity contribution in [3.8, 4) is 11.4 Å². The van der Waals surface area contributed by atoms with E-state index in [1.54, 1.807) is 17.8 Å². The molecule has 122 valence electrons. The molecule has 0 aliphatic carbocycles. The highest BCUT2D eigenvalue weighted by Crippen LogP contribution is 2.35. The SMILES string of the molecule is O=c1[nH]c(-c2ccccc2Sc2ccc(Cl)cc2)nc2ccccc12. The molecule has 0 saturated heterocycles. The van der Waals surface area contributed by atoms with Crippen molar-refractivity contribution in [2.24, 2.45) is 0 Å². The van der Waals surface area contributed by atoms with Crippen molar-refractivity contribution in [2.75, 3.05) is 0 Å². The molecular formula is C20H13ClN2OS. The van der Waals surface area contributed by atoms with Gasteiger partial charge in [0.05, 0.1) is 10.9 Å². The van der Waals surface area contributed by atoms with Gasteiger partial charge in [-0.15, -0.1) is 0 Å². The number of hydrogen-bond donors (Lipinski definition) is 1. The molecule has 1 N–H and O–H groups in total. The van der Waals surface area contributed by atoms with Gasteiger partial charge in [-0.3, -0.25) is 4.79 Å². The fourth-order valence-corrected chi connectivity index (χ4v) is 3.67. The summed E-state index contributed by atoms with van der Waals surface area (Å²) in [4.78, 5) is 22.0. The third-order valence-electron chi connectivity index (χ3n) is 3.80. The summed E-state index contributed by atoms with van der Waals surface area (Å²) in [7, 11) is 0. The Morgan fingerprint density at radius 3 is 2.44 bits per heavy atom. The van der Waals surface area contributed by atoms with Gasteiger partial charge in [0.15, 0.2) is 0 Å². The lowest BCUT2D eigenvalue weighted by Crippen LogP contribution is -2.09. The summed E-state index contributed by atoms with van der Waals surface area (Å²) in [5, 5.41) is 1.30. The van der Waals surface area contributed by atoms with Gasteiger partial charge in [0, 0.05) is 20.4 Å². The van der Waals surface area contributed by atoms with E-state index >= 15 is 0 Å². The van der Waals surface area contributed by atoms with Crippen molar-refractivity contribution >= 4 is 34.3 Å². The number of nitrogens with zero attached hydrogens (tertiary/aromatic N) is 1. The van der Waals surface area contributed by atoms with Crippen LogP contribution in [0.5, 0.6) is 0 Å². The Hall–Kier alpha value is -2.56. The van der Waals surface area contributed by atoms with Crippen LogP contribution in [0.4, 0.5) is 0 Å². The van der Waals surface area contributed by atoms with Crippen LogP contribution in [0.1, 0.15) is 0 Å². The Bertz CT molecular complexity index is 1110. The Morgan fingerprint density at radius 2 is 1.60 bits per heavy atom. The molecule has 0 bridgehead atoms. The first-order valence-electron chi connectivity index (χ1n) is 7.72. The van der Waals surface area contributed by atoms with Crippen LogP contribution in [-0.2, 0) is 0 Å². The van der Waals surface area contributed by atoms with Gasteiger partial charge in [0.1, 0.15) is 5.82 Å². The monoisotopic (exact) mass is 364 g/mol. The summed E-state index contributed by atoms with van der Waals surface area (Å²) in [6.45, 7) is 0. The molecular weight excluding hydrogens is 352 g/mol. The minimum atomic E-state index is -0.133. The Labute approximate surface area is 153 Å². The number of halogens is 1. The third kappa shape index (κ3) is 3.31. The summed E-state index contributed by atoms with van der Waals surface area (Å²) < 4.78 is 0. The van der Waals surface area contributed by atoms with Crippen LogP contribution in [0.2, 0.25) is 5.02 Å². The standard InChI is InChI=1S/C20H13ClN2OS/c21-13-9-11-14(12-10-13)25-18-8-4-2-6-16(18)19-22-17-7-3-1-5-15(17)20(24)23-19/h1-12H,(H,22,23,24). The van der Waals surface area contributed by atoms with E-state index in [2.05, 4.69) is 9.97 Å². The van der Waals surface area contributed by atoms with Crippen LogP contribution in [0.25, 0.3) is 22.3 Å². The van der Waals surface area contributed by atoms with Crippen LogP contribution < -0.4 is 5.56 Å². The first-order chi connectivity index (χ1) is 12.2. The number of fused-ring (bicyclic) bond motifs is 1. The van der Waals surface area contributed by atoms with Crippen molar-refractivity contribution in [3.05, 3.63) is 88.2 Å². The molecule has 0 saturated carbocycles. The van der Waals surface area contributed by atoms with Crippen LogP contribution in [0, 0.1) is 0 Å². The van der Waals surface area contributed by atoms with Crippen molar-refractivity contribution in [3.63, 3.8) is 0 Å². The largest absolute Gasteiger partial charge is 0.306 e. The molecule has 0 fully saturated rings. The van der Waals surface area contributed by atoms with E-state index in [0.29, 0.717) is 21.7 Å². The summed E-state index contributed by atoms with van der Waals surface area (Å²) in [6.07, 6.45) is 0. The van der Waals surface area contributed by atoms with Crippen LogP contribution in [-0.4, -0.2) is 9.97 Å². The minimum Gasteiger partial charge on any atom is -0.306 e. The summed E-state index contributed by atoms with van der Waals surface area (Å²) in [6, 6.07) is 22.9. The van der Waals surface area contributed by atoms with Crippen molar-refractivity contribution in [1.29, 1.82) is 0 Å². The molecule has 1 heterocycles. The molecule has 0 aliphatic heterocycles. The van der Waals surface area contributed by atoms with Crippen LogP contribution >= 0.6 is 23.4 Å². The third-order valence-corrected chi connectivity index (χ3v) is 5.13. The number of rotatable bonds is 3. The van der Waals surface area contributed by atoms with E-state index in [1.807, 2.05) is 66.7 Å². The molecule has 3 nitrogen and oxygen atoms in total. The number of aromatic nitrogens is 2. The average molecular weight is 365 g/mol. The lowest BCUT2D eigenvalue weighted by molar-refractivity contribution is 1.16. The number of nitrogens with one attached hydrogen (secondary N) is 1. The first-order valence-corrected chi connectivity index (χ1v) is 8.92. The molecule has 25 heavy (non-hydrogen) atoms. The van der Waals surface area contributed by atoms with Gasteiger partial charge >= 0.3 is 0 Å². The van der Waals surface area contributed by atoms with Gasteiger partial charge in [-0.25, -0.2) is 4.98 Å². The van der Waals surface area contributed by atoms with E-state index in [-0.39, 0.29) is 5.56 Å². The van der Waals surface area contributed by atoms with E-state index in [0.717, 1.165) is 15.4 Å². The lowest BCUT2D eigenvalue weighted by Gasteiger charge is -2.09. The number of hydrogen-bond acceptors (Lipinski definition) is 3. The van der Waals surface area contributed by atoms with Gasteiger partial charge in [-0.1, -0.05) is 53.7 Å². The fraction of sp³-hybridized carbons (Fsp3) is 0. The van der Waals surface area contributed by atoms with Crippen LogP contribution in [0.15, 0.2) is 87.4 Å². The molecule has 0 aliphatic rings. The molecule has 0 unspecified atom stereocenters. The second-order valence-electron chi connectivity index (χ2n) is 5.48. The number of benzene rings is 3. The van der Waals surface area contributed by atoms with Gasteiger partial charge in [0.25, 0.3) is 5.56 Å². The maximum atomic E-state index is 12.4. The average Bonchev–Trinajstić information content (AvgIpc) is 2.64. The highest BCUT2D eigenvalue weighted by Gasteiger charge is 2.10. The maximum absolute atomic E-state index is 12.4. The topological polar surface area (TPSA) is 45.8 Å². The molecule has 4 aromatic rings. The predicted octanol–water partition coefficient (Wildman–Crippen LogP) is 5.39. The molecule has 0 radical (unpaired) electrons. The highest BCUT2D eigenvalue weighted by molar-refractivity contribution is 7.99. The predicted molar refractivity (Wildman–Crippen MR) is 103 cm³/mol. The highest BCUT2D eigenvalue weighted by atomic mass is 35.5. The molecule has 0 amide bonds. The minimum absolute atomic E-state index is 0.133. The second kappa shape index (κ2) is 6.75. The summed E-state index contributed by atoms with van der Waals surface area (Å²) in [5.74, 6) is 0.570. The Balaban J connectivity index is 1.81. The zero-order valence-electron chi connectivity index (χ0n) is 13.1. The quantitative estimate of drug-likeness (QED) is 0.529. The smallest absolute Gasteiger partial charge is 0.259 e. The zero-order chi connectivity index (χ0) is 17.2. The van der Waals surface area contributed by atoms with Crippen molar-refractivity contribution in [1.82, 2.24) is 9.97 Å². The lowest BCUT2D eigenvalue weighted by atomic mass is 10.2. The molecule has 1 aromatic heterocycles. The fourth-order valence-electron chi connectivity index (χ4n) is 2.59. The van der Waals surface area contributed by atoms with Gasteiger partial charge in [0.2, 0.25) is 0 Å². The second-order valence-corrected chi connectivity index (χ2v) is 7.04. The Kier molecular flexibility index (Phi) is 4.30. The zero-order valence-corrected chi connectivity index (χ0v) is 14.6. The number of aromatic amines is 1. The van der Waals surface area contributed by atoms with E-state index in [4.69, 9.17) is 11.6 Å². The summed E-state index contributed by atoms with van der Waals surface area (Å²) in [5.41, 5.74) is 1.45. The van der Waals surface area contributed by atoms with E-state index in [9.17, 15) is 4.79 Å². The van der Waals surface area contributed by atoms with Crippen molar-refractivity contribution in [2.45, 2.75) is 9.79 Å². The summed E-state index contributed by atoms with van der Waals surface area (Å²) >= 11 is 7.56. The molecule has 0 spiro atoms. The van der Waals surface area contributed by atoms with Crippen molar-refractivity contribution < 1.29 is 0 Å². The Morgan fingerprint density at radius 1 is 0.880 bits per heavy atom.